The van der Waals surface area contributed by atoms with E-state index in [1.165, 1.54) is 0 Å². The average molecular weight is 399 g/mol. The zero-order valence-electron chi connectivity index (χ0n) is 12.8. The van der Waals surface area contributed by atoms with Gasteiger partial charge in [-0.1, -0.05) is 64.8 Å². The van der Waals surface area contributed by atoms with E-state index >= 15 is 0 Å². The standard InChI is InChI=1S/C17H14Cl3N3S/c1-2-23-16(12-4-3-5-13(18)9-12)21-22-17(23)24-10-11-6-7-14(19)15(20)8-11/h3-9H,2,10H2,1H3. The van der Waals surface area contributed by atoms with E-state index in [1.54, 1.807) is 11.8 Å². The predicted molar refractivity (Wildman–Crippen MR) is 102 cm³/mol. The fourth-order valence-corrected chi connectivity index (χ4v) is 3.76. The van der Waals surface area contributed by atoms with E-state index in [4.69, 9.17) is 34.8 Å². The molecule has 0 fully saturated rings. The van der Waals surface area contributed by atoms with Crippen LogP contribution >= 0.6 is 46.6 Å². The molecule has 124 valence electrons. The zero-order valence-corrected chi connectivity index (χ0v) is 15.9. The van der Waals surface area contributed by atoms with Crippen molar-refractivity contribution in [2.24, 2.45) is 0 Å². The molecule has 3 aromatic rings. The number of aromatic nitrogens is 3. The highest BCUT2D eigenvalue weighted by Gasteiger charge is 2.13. The van der Waals surface area contributed by atoms with Gasteiger partial charge in [0.1, 0.15) is 0 Å². The van der Waals surface area contributed by atoms with Crippen LogP contribution in [0.25, 0.3) is 11.4 Å². The van der Waals surface area contributed by atoms with Gasteiger partial charge in [0.2, 0.25) is 0 Å². The minimum Gasteiger partial charge on any atom is -0.302 e. The van der Waals surface area contributed by atoms with E-state index in [1.807, 2.05) is 42.5 Å². The molecular weight excluding hydrogens is 385 g/mol. The first-order chi connectivity index (χ1) is 11.6. The van der Waals surface area contributed by atoms with E-state index < -0.39 is 0 Å². The lowest BCUT2D eigenvalue weighted by atomic mass is 10.2. The first kappa shape index (κ1) is 17.6. The maximum Gasteiger partial charge on any atom is 0.191 e. The first-order valence-electron chi connectivity index (χ1n) is 7.34. The van der Waals surface area contributed by atoms with Crippen molar-refractivity contribution in [2.45, 2.75) is 24.4 Å². The van der Waals surface area contributed by atoms with Gasteiger partial charge in [-0.3, -0.25) is 0 Å². The number of thioether (sulfide) groups is 1. The summed E-state index contributed by atoms with van der Waals surface area (Å²) in [6, 6.07) is 13.3. The normalized spacial score (nSPS) is 11.0. The summed E-state index contributed by atoms with van der Waals surface area (Å²) in [4.78, 5) is 0. The third-order valence-electron chi connectivity index (χ3n) is 3.47. The van der Waals surface area contributed by atoms with E-state index in [9.17, 15) is 0 Å². The molecule has 0 aliphatic rings. The molecule has 0 bridgehead atoms. The van der Waals surface area contributed by atoms with Gasteiger partial charge in [0.05, 0.1) is 10.0 Å². The molecule has 7 heteroatoms. The van der Waals surface area contributed by atoms with Crippen LogP contribution in [0, 0.1) is 0 Å². The molecule has 1 aromatic heterocycles. The van der Waals surface area contributed by atoms with Crippen LogP contribution in [0.5, 0.6) is 0 Å². The van der Waals surface area contributed by atoms with Gasteiger partial charge in [-0.25, -0.2) is 0 Å². The van der Waals surface area contributed by atoms with Crippen molar-refractivity contribution < 1.29 is 0 Å². The molecule has 24 heavy (non-hydrogen) atoms. The molecule has 0 radical (unpaired) electrons. The predicted octanol–water partition coefficient (Wildman–Crippen LogP) is 6.22. The van der Waals surface area contributed by atoms with Crippen LogP contribution in [0.15, 0.2) is 47.6 Å². The number of hydrogen-bond donors (Lipinski definition) is 0. The molecular formula is C17H14Cl3N3S. The third-order valence-corrected chi connectivity index (χ3v) is 5.48. The molecule has 0 atom stereocenters. The minimum atomic E-state index is 0.561. The topological polar surface area (TPSA) is 30.7 Å². The van der Waals surface area contributed by atoms with Gasteiger partial charge in [-0.15, -0.1) is 10.2 Å². The van der Waals surface area contributed by atoms with Crippen molar-refractivity contribution >= 4 is 46.6 Å². The van der Waals surface area contributed by atoms with Crippen LogP contribution in [0.4, 0.5) is 0 Å². The Balaban J connectivity index is 1.83. The van der Waals surface area contributed by atoms with Crippen molar-refractivity contribution in [3.05, 3.63) is 63.1 Å². The summed E-state index contributed by atoms with van der Waals surface area (Å²) in [5.74, 6) is 1.56. The van der Waals surface area contributed by atoms with Crippen LogP contribution in [0.2, 0.25) is 15.1 Å². The lowest BCUT2D eigenvalue weighted by Crippen LogP contribution is -1.99. The van der Waals surface area contributed by atoms with E-state index in [2.05, 4.69) is 21.7 Å². The largest absolute Gasteiger partial charge is 0.302 e. The fourth-order valence-electron chi connectivity index (χ4n) is 2.30. The molecule has 2 aromatic carbocycles. The zero-order chi connectivity index (χ0) is 17.1. The van der Waals surface area contributed by atoms with Gasteiger partial charge in [0.15, 0.2) is 11.0 Å². The summed E-state index contributed by atoms with van der Waals surface area (Å²) < 4.78 is 2.08. The summed E-state index contributed by atoms with van der Waals surface area (Å²) in [5.41, 5.74) is 2.04. The Labute approximate surface area is 160 Å². The second kappa shape index (κ2) is 7.79. The smallest absolute Gasteiger partial charge is 0.191 e. The Morgan fingerprint density at radius 2 is 1.83 bits per heavy atom. The Kier molecular flexibility index (Phi) is 5.72. The van der Waals surface area contributed by atoms with Crippen LogP contribution in [-0.2, 0) is 12.3 Å². The summed E-state index contributed by atoms with van der Waals surface area (Å²) in [7, 11) is 0. The minimum absolute atomic E-state index is 0.561. The van der Waals surface area contributed by atoms with Crippen molar-refractivity contribution in [3.8, 4) is 11.4 Å². The molecule has 0 spiro atoms. The van der Waals surface area contributed by atoms with Crippen LogP contribution in [0.3, 0.4) is 0 Å². The molecule has 0 amide bonds. The number of nitrogens with zero attached hydrogens (tertiary/aromatic N) is 3. The summed E-state index contributed by atoms with van der Waals surface area (Å²) in [6.45, 7) is 2.85. The van der Waals surface area contributed by atoms with E-state index in [0.717, 1.165) is 34.4 Å². The Bertz CT molecular complexity index is 864. The van der Waals surface area contributed by atoms with Gasteiger partial charge in [-0.2, -0.15) is 0 Å². The highest BCUT2D eigenvalue weighted by atomic mass is 35.5. The Morgan fingerprint density at radius 1 is 1.00 bits per heavy atom. The van der Waals surface area contributed by atoms with Crippen LogP contribution in [-0.4, -0.2) is 14.8 Å². The van der Waals surface area contributed by atoms with Gasteiger partial charge >= 0.3 is 0 Å². The molecule has 0 aliphatic heterocycles. The lowest BCUT2D eigenvalue weighted by Gasteiger charge is -2.08. The van der Waals surface area contributed by atoms with E-state index in [0.29, 0.717) is 15.1 Å². The van der Waals surface area contributed by atoms with Crippen molar-refractivity contribution in [2.75, 3.05) is 0 Å². The quantitative estimate of drug-likeness (QED) is 0.478. The number of rotatable bonds is 5. The Morgan fingerprint density at radius 3 is 2.54 bits per heavy atom. The summed E-state index contributed by atoms with van der Waals surface area (Å²) >= 11 is 19.7. The number of halogens is 3. The fraction of sp³-hybridized carbons (Fsp3) is 0.176. The van der Waals surface area contributed by atoms with Crippen LogP contribution in [0.1, 0.15) is 12.5 Å². The van der Waals surface area contributed by atoms with Crippen LogP contribution < -0.4 is 0 Å². The van der Waals surface area contributed by atoms with Crippen molar-refractivity contribution in [1.82, 2.24) is 14.8 Å². The van der Waals surface area contributed by atoms with Crippen molar-refractivity contribution in [1.29, 1.82) is 0 Å². The maximum absolute atomic E-state index is 6.08. The average Bonchev–Trinajstić information content (AvgIpc) is 2.99. The van der Waals surface area contributed by atoms with Gasteiger partial charge in [0.25, 0.3) is 0 Å². The maximum atomic E-state index is 6.08. The van der Waals surface area contributed by atoms with Gasteiger partial charge < -0.3 is 4.57 Å². The van der Waals surface area contributed by atoms with Gasteiger partial charge in [0, 0.05) is 22.9 Å². The highest BCUT2D eigenvalue weighted by Crippen LogP contribution is 2.29. The number of hydrogen-bond acceptors (Lipinski definition) is 3. The molecule has 0 unspecified atom stereocenters. The molecule has 0 saturated carbocycles. The summed E-state index contributed by atoms with van der Waals surface area (Å²) in [5, 5.41) is 11.3. The molecule has 0 N–H and O–H groups in total. The third kappa shape index (κ3) is 3.89. The lowest BCUT2D eigenvalue weighted by molar-refractivity contribution is 0.687. The van der Waals surface area contributed by atoms with Gasteiger partial charge in [-0.05, 0) is 36.8 Å². The van der Waals surface area contributed by atoms with E-state index in [-0.39, 0.29) is 0 Å². The molecule has 1 heterocycles. The highest BCUT2D eigenvalue weighted by molar-refractivity contribution is 7.98. The summed E-state index contributed by atoms with van der Waals surface area (Å²) in [6.07, 6.45) is 0. The van der Waals surface area contributed by atoms with Crippen molar-refractivity contribution in [3.63, 3.8) is 0 Å². The molecule has 3 nitrogen and oxygen atoms in total. The second-order valence-corrected chi connectivity index (χ2v) is 7.29. The number of benzene rings is 2. The molecule has 0 aliphatic carbocycles. The second-order valence-electron chi connectivity index (χ2n) is 5.10. The molecule has 0 saturated heterocycles. The SMILES string of the molecule is CCn1c(SCc2ccc(Cl)c(Cl)c2)nnc1-c1cccc(Cl)c1. The Hall–Kier alpha value is -1.20. The first-order valence-corrected chi connectivity index (χ1v) is 9.46. The monoisotopic (exact) mass is 397 g/mol. The molecule has 3 rings (SSSR count).